The predicted octanol–water partition coefficient (Wildman–Crippen LogP) is 2.72. The van der Waals surface area contributed by atoms with Gasteiger partial charge in [-0.15, -0.1) is 11.3 Å². The minimum absolute atomic E-state index is 0.143. The van der Waals surface area contributed by atoms with Crippen LogP contribution in [0.5, 0.6) is 0 Å². The number of aromatic nitrogens is 3. The molecule has 3 rings (SSSR count). The second-order valence-electron chi connectivity index (χ2n) is 5.70. The smallest absolute Gasteiger partial charge is 0.377 e. The van der Waals surface area contributed by atoms with E-state index in [-0.39, 0.29) is 20.4 Å². The molecule has 0 aromatic carbocycles. The summed E-state index contributed by atoms with van der Waals surface area (Å²) in [5.41, 5.74) is -0.523. The van der Waals surface area contributed by atoms with Crippen LogP contribution in [0.1, 0.15) is 5.82 Å². The molecule has 28 heavy (non-hydrogen) atoms. The van der Waals surface area contributed by atoms with E-state index < -0.39 is 34.3 Å². The molecule has 0 fully saturated rings. The molecule has 3 heterocycles. The highest BCUT2D eigenvalue weighted by Crippen LogP contribution is 2.37. The number of hydrogen-bond acceptors (Lipinski definition) is 6. The fraction of sp³-hybridized carbons (Fsp3) is 0.286. The van der Waals surface area contributed by atoms with E-state index in [0.717, 1.165) is 5.43 Å². The normalized spacial score (nSPS) is 12.6. The lowest BCUT2D eigenvalue weighted by Gasteiger charge is -2.16. The Balaban J connectivity index is 2.41. The SMILES string of the molecule is CN(C)c1ccnc2sc3c(=O)n(NC(=O)C(F)(F)F)c(C(F)(F)F)nc3c12. The number of halogens is 6. The second-order valence-corrected chi connectivity index (χ2v) is 6.70. The van der Waals surface area contributed by atoms with Crippen molar-refractivity contribution >= 4 is 43.4 Å². The van der Waals surface area contributed by atoms with Crippen LogP contribution in [0.4, 0.5) is 32.0 Å². The zero-order valence-corrected chi connectivity index (χ0v) is 14.8. The number of rotatable bonds is 2. The van der Waals surface area contributed by atoms with Crippen molar-refractivity contribution in [2.75, 3.05) is 24.4 Å². The van der Waals surface area contributed by atoms with Gasteiger partial charge in [-0.2, -0.15) is 31.0 Å². The standard InChI is InChI=1S/C14H9F6N5O2S/c1-24(2)5-3-4-21-9-6(5)7-8(28-9)10(26)25(11(22-7)13(15,16)17)23-12(27)14(18,19)20/h3-4H,1-2H3,(H,23,27). The molecule has 0 spiro atoms. The molecule has 3 aromatic rings. The van der Waals surface area contributed by atoms with E-state index in [4.69, 9.17) is 0 Å². The van der Waals surface area contributed by atoms with Crippen LogP contribution in [0.15, 0.2) is 17.1 Å². The van der Waals surface area contributed by atoms with Gasteiger partial charge < -0.3 is 4.90 Å². The summed E-state index contributed by atoms with van der Waals surface area (Å²) in [6.07, 6.45) is -9.46. The van der Waals surface area contributed by atoms with Crippen molar-refractivity contribution in [1.82, 2.24) is 14.6 Å². The summed E-state index contributed by atoms with van der Waals surface area (Å²) in [4.78, 5) is 32.7. The average Bonchev–Trinajstić information content (AvgIpc) is 2.94. The van der Waals surface area contributed by atoms with Crippen molar-refractivity contribution in [2.45, 2.75) is 12.4 Å². The van der Waals surface area contributed by atoms with Gasteiger partial charge in [-0.05, 0) is 6.07 Å². The van der Waals surface area contributed by atoms with Gasteiger partial charge in [-0.1, -0.05) is 0 Å². The first-order valence-corrected chi connectivity index (χ1v) is 8.11. The van der Waals surface area contributed by atoms with Gasteiger partial charge in [0.15, 0.2) is 0 Å². The zero-order valence-electron chi connectivity index (χ0n) is 13.9. The number of nitrogens with one attached hydrogen (secondary N) is 1. The van der Waals surface area contributed by atoms with E-state index in [1.807, 2.05) is 0 Å². The van der Waals surface area contributed by atoms with Gasteiger partial charge in [0.05, 0.1) is 11.1 Å². The van der Waals surface area contributed by atoms with Crippen LogP contribution < -0.4 is 15.9 Å². The van der Waals surface area contributed by atoms with Crippen LogP contribution >= 0.6 is 11.3 Å². The number of nitrogens with zero attached hydrogens (tertiary/aromatic N) is 4. The Bertz CT molecular complexity index is 1150. The summed E-state index contributed by atoms with van der Waals surface area (Å²) >= 11 is 0.654. The highest BCUT2D eigenvalue weighted by atomic mass is 32.1. The number of amides is 1. The molecule has 0 radical (unpaired) electrons. The number of hydrogen-bond donors (Lipinski definition) is 1. The molecular weight excluding hydrogens is 416 g/mol. The van der Waals surface area contributed by atoms with Gasteiger partial charge in [0.1, 0.15) is 15.0 Å². The highest BCUT2D eigenvalue weighted by Gasteiger charge is 2.43. The molecule has 14 heteroatoms. The molecule has 1 N–H and O–H groups in total. The number of alkyl halides is 6. The molecule has 0 unspecified atom stereocenters. The molecule has 0 saturated carbocycles. The van der Waals surface area contributed by atoms with Crippen molar-refractivity contribution in [2.24, 2.45) is 0 Å². The maximum atomic E-state index is 13.4. The average molecular weight is 425 g/mol. The number of pyridine rings is 1. The molecule has 0 aliphatic carbocycles. The van der Waals surface area contributed by atoms with Crippen molar-refractivity contribution < 1.29 is 31.1 Å². The Morgan fingerprint density at radius 2 is 1.86 bits per heavy atom. The summed E-state index contributed by atoms with van der Waals surface area (Å²) < 4.78 is 76.7. The summed E-state index contributed by atoms with van der Waals surface area (Å²) in [6.45, 7) is 0. The summed E-state index contributed by atoms with van der Waals surface area (Å²) in [7, 11) is 3.21. The Morgan fingerprint density at radius 3 is 2.39 bits per heavy atom. The molecule has 0 saturated heterocycles. The van der Waals surface area contributed by atoms with E-state index in [1.54, 1.807) is 19.0 Å². The van der Waals surface area contributed by atoms with Crippen LogP contribution in [-0.2, 0) is 11.0 Å². The molecule has 1 amide bonds. The molecule has 150 valence electrons. The third kappa shape index (κ3) is 3.23. The number of thiophene rings is 1. The summed E-state index contributed by atoms with van der Waals surface area (Å²) in [6, 6.07) is 1.49. The van der Waals surface area contributed by atoms with E-state index in [2.05, 4.69) is 9.97 Å². The van der Waals surface area contributed by atoms with Crippen LogP contribution in [0.2, 0.25) is 0 Å². The Morgan fingerprint density at radius 1 is 1.21 bits per heavy atom. The number of carbonyl (C=O) groups excluding carboxylic acids is 1. The minimum Gasteiger partial charge on any atom is -0.377 e. The molecule has 0 atom stereocenters. The minimum atomic E-state index is -5.50. The van der Waals surface area contributed by atoms with Crippen LogP contribution in [0.3, 0.4) is 0 Å². The van der Waals surface area contributed by atoms with Crippen molar-refractivity contribution in [3.63, 3.8) is 0 Å². The fourth-order valence-electron chi connectivity index (χ4n) is 2.43. The highest BCUT2D eigenvalue weighted by molar-refractivity contribution is 7.25. The maximum Gasteiger partial charge on any atom is 0.472 e. The number of anilines is 1. The van der Waals surface area contributed by atoms with Gasteiger partial charge in [0.25, 0.3) is 5.56 Å². The molecule has 0 aliphatic rings. The molecule has 7 nitrogen and oxygen atoms in total. The van der Waals surface area contributed by atoms with Crippen molar-refractivity contribution in [3.05, 3.63) is 28.4 Å². The lowest BCUT2D eigenvalue weighted by atomic mass is 10.2. The van der Waals surface area contributed by atoms with E-state index in [0.29, 0.717) is 17.0 Å². The zero-order chi connectivity index (χ0) is 21.0. The second kappa shape index (κ2) is 6.32. The van der Waals surface area contributed by atoms with Crippen LogP contribution in [0.25, 0.3) is 20.4 Å². The lowest BCUT2D eigenvalue weighted by molar-refractivity contribution is -0.169. The first kappa shape index (κ1) is 19.9. The first-order valence-electron chi connectivity index (χ1n) is 7.29. The third-order valence-electron chi connectivity index (χ3n) is 3.58. The van der Waals surface area contributed by atoms with Gasteiger partial charge in [0, 0.05) is 20.3 Å². The lowest BCUT2D eigenvalue weighted by Crippen LogP contribution is -2.43. The van der Waals surface area contributed by atoms with E-state index in [9.17, 15) is 35.9 Å². The Kier molecular flexibility index (Phi) is 4.48. The quantitative estimate of drug-likeness (QED) is 0.639. The van der Waals surface area contributed by atoms with E-state index in [1.165, 1.54) is 12.3 Å². The molecular formula is C14H9F6N5O2S. The summed E-state index contributed by atoms with van der Waals surface area (Å²) in [5, 5.41) is 0.143. The number of fused-ring (bicyclic) bond motifs is 3. The molecule has 3 aromatic heterocycles. The molecule has 0 aliphatic heterocycles. The summed E-state index contributed by atoms with van der Waals surface area (Å²) in [5.74, 6) is -4.73. The van der Waals surface area contributed by atoms with Gasteiger partial charge in [0.2, 0.25) is 5.82 Å². The third-order valence-corrected chi connectivity index (χ3v) is 4.65. The molecule has 0 bridgehead atoms. The van der Waals surface area contributed by atoms with Crippen molar-refractivity contribution in [3.8, 4) is 0 Å². The maximum absolute atomic E-state index is 13.4. The first-order chi connectivity index (χ1) is 12.8. The van der Waals surface area contributed by atoms with Gasteiger partial charge in [-0.25, -0.2) is 9.97 Å². The number of carbonyl (C=O) groups is 1. The monoisotopic (exact) mass is 425 g/mol. The predicted molar refractivity (Wildman–Crippen MR) is 88.9 cm³/mol. The van der Waals surface area contributed by atoms with Crippen LogP contribution in [0, 0.1) is 0 Å². The Hall–Kier alpha value is -2.90. The van der Waals surface area contributed by atoms with Crippen molar-refractivity contribution in [1.29, 1.82) is 0 Å². The largest absolute Gasteiger partial charge is 0.472 e. The van der Waals surface area contributed by atoms with E-state index >= 15 is 0 Å². The fourth-order valence-corrected chi connectivity index (χ4v) is 3.46. The van der Waals surface area contributed by atoms with Gasteiger partial charge in [-0.3, -0.25) is 15.0 Å². The topological polar surface area (TPSA) is 80.1 Å². The van der Waals surface area contributed by atoms with Gasteiger partial charge >= 0.3 is 18.3 Å². The Labute approximate surface area is 155 Å². The van der Waals surface area contributed by atoms with Crippen LogP contribution in [-0.4, -0.2) is 40.8 Å².